The predicted octanol–water partition coefficient (Wildman–Crippen LogP) is 0.574. The fraction of sp³-hybridized carbons (Fsp3) is 0.462. The average Bonchev–Trinajstić information content (AvgIpc) is 2.92. The number of rotatable bonds is 7. The molecule has 0 aliphatic heterocycles. The van der Waals surface area contributed by atoms with Crippen molar-refractivity contribution in [2.45, 2.75) is 19.9 Å². The Morgan fingerprint density at radius 3 is 3.10 bits per heavy atom. The van der Waals surface area contributed by atoms with E-state index in [-0.39, 0.29) is 17.9 Å². The first-order valence-electron chi connectivity index (χ1n) is 6.62. The zero-order valence-electron chi connectivity index (χ0n) is 11.4. The third-order valence-electron chi connectivity index (χ3n) is 2.90. The van der Waals surface area contributed by atoms with E-state index in [0.717, 1.165) is 17.9 Å². The highest BCUT2D eigenvalue weighted by molar-refractivity contribution is 7.16. The summed E-state index contributed by atoms with van der Waals surface area (Å²) in [6.45, 7) is 4.61. The van der Waals surface area contributed by atoms with Gasteiger partial charge in [0.05, 0.1) is 11.7 Å². The number of nitrogens with one attached hydrogen (secondary N) is 2. The molecule has 6 nitrogen and oxygen atoms in total. The first-order valence-corrected chi connectivity index (χ1v) is 7.50. The Kier molecular flexibility index (Phi) is 5.25. The van der Waals surface area contributed by atoms with Crippen molar-refractivity contribution in [2.75, 3.05) is 19.6 Å². The van der Waals surface area contributed by atoms with Crippen molar-refractivity contribution in [3.8, 4) is 0 Å². The maximum Gasteiger partial charge on any atom is 0.262 e. The molecule has 0 aliphatic rings. The molecule has 20 heavy (non-hydrogen) atoms. The van der Waals surface area contributed by atoms with Gasteiger partial charge in [0.15, 0.2) is 0 Å². The molecule has 108 valence electrons. The summed E-state index contributed by atoms with van der Waals surface area (Å²) in [5, 5.41) is 8.39. The molecule has 2 aromatic heterocycles. The van der Waals surface area contributed by atoms with Gasteiger partial charge in [0.25, 0.3) is 5.56 Å². The Morgan fingerprint density at radius 1 is 1.45 bits per heavy atom. The van der Waals surface area contributed by atoms with Crippen molar-refractivity contribution in [2.24, 2.45) is 0 Å². The monoisotopic (exact) mass is 294 g/mol. The molecule has 0 unspecified atom stereocenters. The van der Waals surface area contributed by atoms with Crippen LogP contribution in [0, 0.1) is 0 Å². The number of fused-ring (bicyclic) bond motifs is 1. The van der Waals surface area contributed by atoms with Crippen molar-refractivity contribution in [1.29, 1.82) is 0 Å². The van der Waals surface area contributed by atoms with Gasteiger partial charge in [-0.1, -0.05) is 6.92 Å². The topological polar surface area (TPSA) is 76.0 Å². The summed E-state index contributed by atoms with van der Waals surface area (Å²) in [6.07, 6.45) is 1.79. The number of aryl methyl sites for hydroxylation is 1. The summed E-state index contributed by atoms with van der Waals surface area (Å²) in [5.74, 6) is -0.0554. The maximum atomic E-state index is 12.1. The van der Waals surface area contributed by atoms with Gasteiger partial charge in [-0.15, -0.1) is 11.3 Å². The van der Waals surface area contributed by atoms with E-state index < -0.39 is 0 Å². The second kappa shape index (κ2) is 7.16. The van der Waals surface area contributed by atoms with E-state index in [2.05, 4.69) is 15.6 Å². The highest BCUT2D eigenvalue weighted by Crippen LogP contribution is 2.13. The van der Waals surface area contributed by atoms with Gasteiger partial charge < -0.3 is 10.6 Å². The molecular weight excluding hydrogens is 276 g/mol. The van der Waals surface area contributed by atoms with Crippen molar-refractivity contribution in [1.82, 2.24) is 20.2 Å². The third-order valence-corrected chi connectivity index (χ3v) is 3.72. The second-order valence-corrected chi connectivity index (χ2v) is 5.23. The summed E-state index contributed by atoms with van der Waals surface area (Å²) < 4.78 is 1.49. The Hall–Kier alpha value is -1.73. The van der Waals surface area contributed by atoms with Gasteiger partial charge in [0, 0.05) is 26.1 Å². The molecule has 2 heterocycles. The number of amides is 1. The molecule has 2 rings (SSSR count). The standard InChI is InChI=1S/C13H18N4O2S/c1-2-14-5-6-15-11(18)3-7-17-9-16-12-10(13(17)19)4-8-20-12/h4,8-9,14H,2-3,5-7H2,1H3,(H,15,18). The van der Waals surface area contributed by atoms with Crippen LogP contribution in [0.4, 0.5) is 0 Å². The van der Waals surface area contributed by atoms with E-state index in [1.165, 1.54) is 22.2 Å². The van der Waals surface area contributed by atoms with Gasteiger partial charge in [-0.25, -0.2) is 4.98 Å². The predicted molar refractivity (Wildman–Crippen MR) is 80.1 cm³/mol. The molecule has 0 radical (unpaired) electrons. The molecule has 7 heteroatoms. The summed E-state index contributed by atoms with van der Waals surface area (Å²) in [7, 11) is 0. The minimum Gasteiger partial charge on any atom is -0.355 e. The molecule has 0 aliphatic carbocycles. The minimum absolute atomic E-state index is 0.0554. The number of thiophene rings is 1. The fourth-order valence-electron chi connectivity index (χ4n) is 1.83. The quantitative estimate of drug-likeness (QED) is 0.732. The number of aromatic nitrogens is 2. The molecular formula is C13H18N4O2S. The Morgan fingerprint density at radius 2 is 2.30 bits per heavy atom. The van der Waals surface area contributed by atoms with E-state index >= 15 is 0 Å². The molecule has 0 saturated heterocycles. The molecule has 0 atom stereocenters. The van der Waals surface area contributed by atoms with Crippen LogP contribution in [0.3, 0.4) is 0 Å². The van der Waals surface area contributed by atoms with E-state index in [4.69, 9.17) is 0 Å². The third kappa shape index (κ3) is 3.64. The van der Waals surface area contributed by atoms with Gasteiger partial charge in [-0.05, 0) is 18.0 Å². The Labute approximate surface area is 120 Å². The minimum atomic E-state index is -0.0864. The van der Waals surface area contributed by atoms with Gasteiger partial charge in [-0.3, -0.25) is 14.2 Å². The molecule has 0 bridgehead atoms. The zero-order valence-corrected chi connectivity index (χ0v) is 12.2. The zero-order chi connectivity index (χ0) is 14.4. The lowest BCUT2D eigenvalue weighted by molar-refractivity contribution is -0.121. The Bertz CT molecular complexity index is 635. The molecule has 2 N–H and O–H groups in total. The number of likely N-dealkylation sites (N-methyl/N-ethyl adjacent to an activating group) is 1. The van der Waals surface area contributed by atoms with Crippen LogP contribution in [0.2, 0.25) is 0 Å². The lowest BCUT2D eigenvalue weighted by Gasteiger charge is -2.07. The van der Waals surface area contributed by atoms with Crippen molar-refractivity contribution in [3.05, 3.63) is 28.1 Å². The van der Waals surface area contributed by atoms with Crippen LogP contribution in [-0.4, -0.2) is 35.1 Å². The number of carbonyl (C=O) groups is 1. The lowest BCUT2D eigenvalue weighted by atomic mass is 10.3. The van der Waals surface area contributed by atoms with Crippen LogP contribution < -0.4 is 16.2 Å². The summed E-state index contributed by atoms with van der Waals surface area (Å²) in [6, 6.07) is 1.77. The van der Waals surface area contributed by atoms with Gasteiger partial charge >= 0.3 is 0 Å². The van der Waals surface area contributed by atoms with Gasteiger partial charge in [-0.2, -0.15) is 0 Å². The average molecular weight is 294 g/mol. The number of nitrogens with zero attached hydrogens (tertiary/aromatic N) is 2. The Balaban J connectivity index is 1.87. The molecule has 0 spiro atoms. The van der Waals surface area contributed by atoms with Crippen LogP contribution >= 0.6 is 11.3 Å². The number of hydrogen-bond donors (Lipinski definition) is 2. The van der Waals surface area contributed by atoms with E-state index in [1.54, 1.807) is 6.07 Å². The fourth-order valence-corrected chi connectivity index (χ4v) is 2.55. The van der Waals surface area contributed by atoms with Gasteiger partial charge in [0.2, 0.25) is 5.91 Å². The first-order chi connectivity index (χ1) is 9.72. The van der Waals surface area contributed by atoms with E-state index in [9.17, 15) is 9.59 Å². The van der Waals surface area contributed by atoms with Crippen LogP contribution in [0.25, 0.3) is 10.2 Å². The molecule has 0 aromatic carbocycles. The highest BCUT2D eigenvalue weighted by Gasteiger charge is 2.06. The molecule has 1 amide bonds. The van der Waals surface area contributed by atoms with Crippen molar-refractivity contribution >= 4 is 27.5 Å². The summed E-state index contributed by atoms with van der Waals surface area (Å²) in [4.78, 5) is 28.7. The van der Waals surface area contributed by atoms with Crippen LogP contribution in [0.1, 0.15) is 13.3 Å². The molecule has 0 saturated carbocycles. The molecule has 0 fully saturated rings. The summed E-state index contributed by atoms with van der Waals surface area (Å²) >= 11 is 1.44. The smallest absolute Gasteiger partial charge is 0.262 e. The summed E-state index contributed by atoms with van der Waals surface area (Å²) in [5.41, 5.74) is -0.0864. The normalized spacial score (nSPS) is 10.8. The first kappa shape index (κ1) is 14.7. The van der Waals surface area contributed by atoms with Crippen molar-refractivity contribution in [3.63, 3.8) is 0 Å². The number of hydrogen-bond acceptors (Lipinski definition) is 5. The van der Waals surface area contributed by atoms with Crippen LogP contribution in [-0.2, 0) is 11.3 Å². The SMILES string of the molecule is CCNCCNC(=O)CCn1cnc2sccc2c1=O. The lowest BCUT2D eigenvalue weighted by Crippen LogP contribution is -2.33. The maximum absolute atomic E-state index is 12.1. The largest absolute Gasteiger partial charge is 0.355 e. The highest BCUT2D eigenvalue weighted by atomic mass is 32.1. The number of carbonyl (C=O) groups excluding carboxylic acids is 1. The van der Waals surface area contributed by atoms with Crippen LogP contribution in [0.15, 0.2) is 22.6 Å². The van der Waals surface area contributed by atoms with E-state index in [0.29, 0.717) is 18.5 Å². The second-order valence-electron chi connectivity index (χ2n) is 4.34. The van der Waals surface area contributed by atoms with Crippen LogP contribution in [0.5, 0.6) is 0 Å². The van der Waals surface area contributed by atoms with E-state index in [1.807, 2.05) is 12.3 Å². The van der Waals surface area contributed by atoms with Gasteiger partial charge in [0.1, 0.15) is 4.83 Å². The van der Waals surface area contributed by atoms with Crippen molar-refractivity contribution < 1.29 is 4.79 Å². The molecule has 2 aromatic rings.